The molecule has 0 spiro atoms. The van der Waals surface area contributed by atoms with Gasteiger partial charge in [0.05, 0.1) is 12.6 Å². The second-order valence-electron chi connectivity index (χ2n) is 10.0. The van der Waals surface area contributed by atoms with E-state index in [1.165, 1.54) is 19.2 Å². The van der Waals surface area contributed by atoms with Gasteiger partial charge in [0, 0.05) is 18.2 Å². The number of amides is 2. The molecule has 1 saturated heterocycles. The van der Waals surface area contributed by atoms with E-state index in [0.717, 1.165) is 22.3 Å². The van der Waals surface area contributed by atoms with Crippen molar-refractivity contribution in [2.24, 2.45) is 0 Å². The molecule has 3 atom stereocenters. The van der Waals surface area contributed by atoms with Gasteiger partial charge in [-0.3, -0.25) is 23.9 Å². The number of likely N-dealkylation sites (tertiary alicyclic amines) is 1. The van der Waals surface area contributed by atoms with Crippen molar-refractivity contribution in [3.05, 3.63) is 104 Å². The highest BCUT2D eigenvalue weighted by molar-refractivity contribution is 5.89. The molecule has 1 aliphatic heterocycles. The Kier molecular flexibility index (Phi) is 6.96. The normalized spacial score (nSPS) is 19.8. The number of nitrogens with one attached hydrogen (secondary N) is 2. The van der Waals surface area contributed by atoms with Crippen LogP contribution in [0.15, 0.2) is 64.3 Å². The lowest BCUT2D eigenvalue weighted by Crippen LogP contribution is -2.48. The maximum absolute atomic E-state index is 14.9. The van der Waals surface area contributed by atoms with Gasteiger partial charge in [-0.25, -0.2) is 13.6 Å². The summed E-state index contributed by atoms with van der Waals surface area (Å²) < 4.78 is 30.4. The molecule has 1 aliphatic carbocycles. The summed E-state index contributed by atoms with van der Waals surface area (Å²) in [6.45, 7) is 0.740. The minimum absolute atomic E-state index is 0.201. The summed E-state index contributed by atoms with van der Waals surface area (Å²) in [5, 5.41) is 2.90. The molecule has 1 saturated carbocycles. The molecular formula is C28H28F2N4O4. The van der Waals surface area contributed by atoms with Crippen LogP contribution in [0.3, 0.4) is 0 Å². The number of rotatable bonds is 7. The number of H-pyrrole nitrogens is 1. The fourth-order valence-electron chi connectivity index (χ4n) is 4.97. The number of carbonyl (C=O) groups excluding carboxylic acids is 2. The fraction of sp³-hybridized carbons (Fsp3) is 0.357. The minimum atomic E-state index is -1.42. The third-order valence-corrected chi connectivity index (χ3v) is 7.16. The third kappa shape index (κ3) is 5.29. The second-order valence-corrected chi connectivity index (χ2v) is 10.0. The minimum Gasteiger partial charge on any atom is -0.343 e. The van der Waals surface area contributed by atoms with Crippen molar-refractivity contribution >= 4 is 11.8 Å². The quantitative estimate of drug-likeness (QED) is 0.498. The Labute approximate surface area is 217 Å². The third-order valence-electron chi connectivity index (χ3n) is 7.16. The Hall–Kier alpha value is -4.08. The van der Waals surface area contributed by atoms with Gasteiger partial charge in [0.25, 0.3) is 5.56 Å². The Morgan fingerprint density at radius 1 is 1.11 bits per heavy atom. The molecule has 2 aromatic carbocycles. The number of nitrogens with zero attached hydrogens (tertiary/aromatic N) is 2. The molecule has 3 unspecified atom stereocenters. The van der Waals surface area contributed by atoms with Gasteiger partial charge < -0.3 is 10.2 Å². The predicted octanol–water partition coefficient (Wildman–Crippen LogP) is 2.71. The molecule has 38 heavy (non-hydrogen) atoms. The van der Waals surface area contributed by atoms with Crippen molar-refractivity contribution in [3.63, 3.8) is 0 Å². The van der Waals surface area contributed by atoms with Crippen molar-refractivity contribution in [3.8, 4) is 0 Å². The monoisotopic (exact) mass is 522 g/mol. The van der Waals surface area contributed by atoms with E-state index in [2.05, 4.69) is 10.3 Å². The van der Waals surface area contributed by atoms with Gasteiger partial charge in [-0.1, -0.05) is 42.5 Å². The van der Waals surface area contributed by atoms with E-state index in [1.54, 1.807) is 36.4 Å². The predicted molar refractivity (Wildman–Crippen MR) is 136 cm³/mol. The lowest BCUT2D eigenvalue weighted by Gasteiger charge is -2.27. The largest absolute Gasteiger partial charge is 0.343 e. The highest BCUT2D eigenvalue weighted by atomic mass is 19.1. The van der Waals surface area contributed by atoms with E-state index in [4.69, 9.17) is 0 Å². The van der Waals surface area contributed by atoms with Gasteiger partial charge in [0.15, 0.2) is 0 Å². The van der Waals surface area contributed by atoms with Crippen molar-refractivity contribution in [1.82, 2.24) is 19.8 Å². The van der Waals surface area contributed by atoms with Gasteiger partial charge in [-0.05, 0) is 48.4 Å². The molecule has 8 nitrogen and oxygen atoms in total. The molecule has 198 valence electrons. The van der Waals surface area contributed by atoms with Crippen molar-refractivity contribution in [1.29, 1.82) is 0 Å². The number of hydrogen-bond donors (Lipinski definition) is 2. The molecule has 2 aliphatic rings. The van der Waals surface area contributed by atoms with Crippen LogP contribution < -0.4 is 16.6 Å². The van der Waals surface area contributed by atoms with Crippen LogP contribution in [-0.4, -0.2) is 45.0 Å². The Morgan fingerprint density at radius 2 is 1.84 bits per heavy atom. The summed E-state index contributed by atoms with van der Waals surface area (Å²) in [6, 6.07) is 12.2. The maximum atomic E-state index is 14.9. The Bertz CT molecular complexity index is 1480. The number of aromatic amines is 1. The first-order chi connectivity index (χ1) is 18.2. The summed E-state index contributed by atoms with van der Waals surface area (Å²) in [4.78, 5) is 53.6. The first-order valence-electron chi connectivity index (χ1n) is 12.6. The second kappa shape index (κ2) is 10.4. The Balaban J connectivity index is 1.39. The zero-order chi connectivity index (χ0) is 27.0. The first kappa shape index (κ1) is 25.6. The number of aromatic nitrogens is 2. The lowest BCUT2D eigenvalue weighted by atomic mass is 9.96. The molecule has 2 amide bonds. The molecule has 2 N–H and O–H groups in total. The van der Waals surface area contributed by atoms with Crippen LogP contribution in [0.2, 0.25) is 0 Å². The summed E-state index contributed by atoms with van der Waals surface area (Å²) in [5.41, 5.74) is 0.813. The number of alkyl halides is 1. The number of halogens is 2. The van der Waals surface area contributed by atoms with E-state index in [-0.39, 0.29) is 30.3 Å². The summed E-state index contributed by atoms with van der Waals surface area (Å²) in [7, 11) is 0. The molecular weight excluding hydrogens is 494 g/mol. The van der Waals surface area contributed by atoms with Crippen molar-refractivity contribution in [2.75, 3.05) is 6.54 Å². The average molecular weight is 523 g/mol. The zero-order valence-corrected chi connectivity index (χ0v) is 20.8. The summed E-state index contributed by atoms with van der Waals surface area (Å²) >= 11 is 0. The van der Waals surface area contributed by atoms with Crippen LogP contribution in [0.25, 0.3) is 0 Å². The number of aryl methyl sites for hydroxylation is 1. The van der Waals surface area contributed by atoms with Crippen LogP contribution >= 0.6 is 0 Å². The molecule has 10 heteroatoms. The molecule has 0 bridgehead atoms. The molecule has 1 aromatic heterocycles. The van der Waals surface area contributed by atoms with E-state index in [9.17, 15) is 28.0 Å². The van der Waals surface area contributed by atoms with Crippen LogP contribution in [0.1, 0.15) is 53.5 Å². The SMILES string of the molecule is Cc1cn(CC(=O)N2CC(F)CC2C(=O)NC(c2ccccc2)c2ccc(C3CC3)c(F)c2)c(=O)[nH]c1=O. The zero-order valence-electron chi connectivity index (χ0n) is 20.8. The van der Waals surface area contributed by atoms with E-state index >= 15 is 0 Å². The van der Waals surface area contributed by atoms with Crippen LogP contribution in [0.5, 0.6) is 0 Å². The first-order valence-corrected chi connectivity index (χ1v) is 12.6. The van der Waals surface area contributed by atoms with Gasteiger partial charge in [-0.15, -0.1) is 0 Å². The summed E-state index contributed by atoms with van der Waals surface area (Å²) in [5.74, 6) is -1.31. The summed E-state index contributed by atoms with van der Waals surface area (Å²) in [6.07, 6.45) is 1.54. The highest BCUT2D eigenvalue weighted by Crippen LogP contribution is 2.42. The van der Waals surface area contributed by atoms with E-state index < -0.39 is 47.9 Å². The molecule has 0 radical (unpaired) electrons. The highest BCUT2D eigenvalue weighted by Gasteiger charge is 2.40. The molecule has 3 aromatic rings. The van der Waals surface area contributed by atoms with Gasteiger partial charge >= 0.3 is 5.69 Å². The maximum Gasteiger partial charge on any atom is 0.328 e. The van der Waals surface area contributed by atoms with E-state index in [1.807, 2.05) is 6.07 Å². The van der Waals surface area contributed by atoms with Gasteiger partial charge in [-0.2, -0.15) is 0 Å². The smallest absolute Gasteiger partial charge is 0.328 e. The van der Waals surface area contributed by atoms with Crippen LogP contribution in [-0.2, 0) is 16.1 Å². The van der Waals surface area contributed by atoms with Crippen LogP contribution in [0, 0.1) is 12.7 Å². The van der Waals surface area contributed by atoms with Crippen molar-refractivity contribution in [2.45, 2.75) is 56.9 Å². The molecule has 2 heterocycles. The van der Waals surface area contributed by atoms with Gasteiger partial charge in [0.2, 0.25) is 11.8 Å². The molecule has 2 fully saturated rings. The average Bonchev–Trinajstić information content (AvgIpc) is 3.66. The fourth-order valence-corrected chi connectivity index (χ4v) is 4.97. The van der Waals surface area contributed by atoms with Crippen molar-refractivity contribution < 1.29 is 18.4 Å². The number of carbonyl (C=O) groups is 2. The number of hydrogen-bond acceptors (Lipinski definition) is 4. The number of benzene rings is 2. The van der Waals surface area contributed by atoms with E-state index in [0.29, 0.717) is 16.7 Å². The molecule has 5 rings (SSSR count). The lowest BCUT2D eigenvalue weighted by molar-refractivity contribution is -0.139. The standard InChI is InChI=1S/C28H28F2N4O4/c1-16-13-33(28(38)32-26(16)36)15-24(35)34-14-20(29)12-23(34)27(37)31-25(18-5-3-2-4-6-18)19-9-10-21(17-7-8-17)22(30)11-19/h2-6,9-11,13,17,20,23,25H,7-8,12,14-15H2,1H3,(H,31,37)(H,32,36,38). The van der Waals surface area contributed by atoms with Crippen LogP contribution in [0.4, 0.5) is 8.78 Å². The topological polar surface area (TPSA) is 104 Å². The Morgan fingerprint density at radius 3 is 2.53 bits per heavy atom. The van der Waals surface area contributed by atoms with Gasteiger partial charge in [0.1, 0.15) is 24.6 Å².